The minimum Gasteiger partial charge on any atom is -0.488 e. The Morgan fingerprint density at radius 3 is 2.58 bits per heavy atom. The molecule has 1 aromatic heterocycles. The average Bonchev–Trinajstić information content (AvgIpc) is 3.50. The van der Waals surface area contributed by atoms with Crippen molar-refractivity contribution in [1.82, 2.24) is 14.9 Å². The normalized spacial score (nSPS) is 18.4. The van der Waals surface area contributed by atoms with Crippen molar-refractivity contribution >= 4 is 23.1 Å². The second-order valence-corrected chi connectivity index (χ2v) is 8.46. The predicted octanol–water partition coefficient (Wildman–Crippen LogP) is -0.384. The van der Waals surface area contributed by atoms with Crippen LogP contribution in [0.1, 0.15) is 37.9 Å². The molecule has 2 heterocycles. The summed E-state index contributed by atoms with van der Waals surface area (Å²) in [4.78, 5) is 24.4. The molecule has 1 unspecified atom stereocenters. The molecule has 5 N–H and O–H groups in total. The van der Waals surface area contributed by atoms with Crippen molar-refractivity contribution in [3.8, 4) is 5.75 Å². The van der Waals surface area contributed by atoms with Gasteiger partial charge in [-0.1, -0.05) is 0 Å². The van der Waals surface area contributed by atoms with Crippen LogP contribution in [0, 0.1) is 0 Å². The summed E-state index contributed by atoms with van der Waals surface area (Å²) in [7, 11) is 0. The van der Waals surface area contributed by atoms with Gasteiger partial charge in [-0.05, 0) is 44.9 Å². The first-order valence-electron chi connectivity index (χ1n) is 10.5. The monoisotopic (exact) mass is 425 g/mol. The van der Waals surface area contributed by atoms with Crippen LogP contribution in [0.4, 0.5) is 11.5 Å². The van der Waals surface area contributed by atoms with Crippen molar-refractivity contribution in [1.29, 1.82) is 0 Å². The number of anilines is 2. The number of hydrogen-bond donors (Lipinski definition) is 3. The Morgan fingerprint density at radius 1 is 1.23 bits per heavy atom. The Hall–Kier alpha value is -3.20. The van der Waals surface area contributed by atoms with Crippen molar-refractivity contribution in [3.05, 3.63) is 41.9 Å². The summed E-state index contributed by atoms with van der Waals surface area (Å²) in [5.41, 5.74) is 8.36. The number of nitrogens with zero attached hydrogens (tertiary/aromatic N) is 4. The number of aromatic nitrogens is 2. The van der Waals surface area contributed by atoms with E-state index < -0.39 is 6.10 Å². The molecule has 1 amide bonds. The number of carbonyl (C=O) groups is 1. The number of aliphatic hydroxyl groups is 1. The highest BCUT2D eigenvalue weighted by Gasteiger charge is 2.40. The van der Waals surface area contributed by atoms with Gasteiger partial charge in [0, 0.05) is 37.9 Å². The summed E-state index contributed by atoms with van der Waals surface area (Å²) in [5, 5.41) is 16.0. The number of rotatable bonds is 6. The smallest absolute Gasteiger partial charge is 0.251 e. The van der Waals surface area contributed by atoms with Crippen LogP contribution in [-0.4, -0.2) is 69.5 Å². The van der Waals surface area contributed by atoms with Crippen LogP contribution in [0.3, 0.4) is 0 Å². The lowest BCUT2D eigenvalue weighted by Crippen LogP contribution is -2.51. The third kappa shape index (κ3) is 4.61. The summed E-state index contributed by atoms with van der Waals surface area (Å²) >= 11 is 0. The molecule has 9 heteroatoms. The zero-order valence-corrected chi connectivity index (χ0v) is 17.9. The van der Waals surface area contributed by atoms with Gasteiger partial charge >= 0.3 is 0 Å². The fourth-order valence-electron chi connectivity index (χ4n) is 3.62. The van der Waals surface area contributed by atoms with E-state index in [1.165, 1.54) is 13.3 Å². The minimum absolute atomic E-state index is 0.0957. The molecular weight excluding hydrogens is 396 g/mol. The van der Waals surface area contributed by atoms with Crippen LogP contribution in [0.15, 0.2) is 30.6 Å². The summed E-state index contributed by atoms with van der Waals surface area (Å²) in [6.45, 7) is 5.83. The molecule has 0 radical (unpaired) electrons. The average molecular weight is 426 g/mol. The Labute approximate surface area is 181 Å². The molecule has 4 rings (SSSR count). The van der Waals surface area contributed by atoms with E-state index in [4.69, 9.17) is 15.9 Å². The lowest BCUT2D eigenvalue weighted by atomic mass is 10.0. The molecule has 2 fully saturated rings. The first-order chi connectivity index (χ1) is 14.8. The number of amides is 1. The van der Waals surface area contributed by atoms with Gasteiger partial charge in [0.1, 0.15) is 35.3 Å². The summed E-state index contributed by atoms with van der Waals surface area (Å²) < 4.78 is 6.04. The van der Waals surface area contributed by atoms with E-state index in [1.54, 1.807) is 11.0 Å². The maximum absolute atomic E-state index is 12.0. The van der Waals surface area contributed by atoms with Gasteiger partial charge in [0.25, 0.3) is 5.91 Å². The van der Waals surface area contributed by atoms with Crippen LogP contribution in [0.25, 0.3) is 0 Å². The van der Waals surface area contributed by atoms with E-state index in [9.17, 15) is 9.90 Å². The number of carbonyl (C=O) groups excluding carboxylic acids is 1. The van der Waals surface area contributed by atoms with Crippen LogP contribution < -0.4 is 20.8 Å². The molecule has 2 aliphatic rings. The molecule has 1 aliphatic heterocycles. The molecule has 0 bridgehead atoms. The molecule has 2 aromatic rings. The number of piperazine rings is 1. The second-order valence-electron chi connectivity index (χ2n) is 8.46. The molecule has 1 aliphatic carbocycles. The van der Waals surface area contributed by atoms with Gasteiger partial charge in [-0.3, -0.25) is 10.2 Å². The van der Waals surface area contributed by atoms with E-state index in [0.29, 0.717) is 48.8 Å². The third-order valence-corrected chi connectivity index (χ3v) is 5.83. The van der Waals surface area contributed by atoms with Gasteiger partial charge in [-0.25, -0.2) is 9.97 Å². The summed E-state index contributed by atoms with van der Waals surface area (Å²) in [5.74, 6) is 1.21. The maximum atomic E-state index is 12.0. The lowest BCUT2D eigenvalue weighted by molar-refractivity contribution is -0.139. The van der Waals surface area contributed by atoms with Gasteiger partial charge in [-0.2, -0.15) is 0 Å². The highest BCUT2D eigenvalue weighted by molar-refractivity contribution is 6.11. The van der Waals surface area contributed by atoms with E-state index >= 15 is 0 Å². The Bertz CT molecular complexity index is 996. The number of nitrogen functional groups attached to an aromatic ring is 1. The highest BCUT2D eigenvalue weighted by atomic mass is 16.5. The standard InChI is InChI=1S/C22H28N6O3/c1-14(29)21(30)28-9-7-27(8-10-28)19-12-18(25-13-26-19)20(24)16-11-15(3-4-17(16)23)31-22(2)5-6-22/h3-4,11-14,24,29H,5-10,23H2,1-2H3/p+1. The summed E-state index contributed by atoms with van der Waals surface area (Å²) in [6, 6.07) is 7.34. The van der Waals surface area contributed by atoms with Crippen LogP contribution in [-0.2, 0) is 4.79 Å². The van der Waals surface area contributed by atoms with Gasteiger partial charge < -0.3 is 25.4 Å². The predicted molar refractivity (Wildman–Crippen MR) is 117 cm³/mol. The van der Waals surface area contributed by atoms with Crippen molar-refractivity contribution in [2.24, 2.45) is 0 Å². The summed E-state index contributed by atoms with van der Waals surface area (Å²) in [6.07, 6.45) is 2.57. The molecule has 1 saturated heterocycles. The van der Waals surface area contributed by atoms with Gasteiger partial charge in [0.05, 0.1) is 5.56 Å². The molecule has 1 aromatic carbocycles. The van der Waals surface area contributed by atoms with Gasteiger partial charge in [-0.15, -0.1) is 0 Å². The van der Waals surface area contributed by atoms with Crippen molar-refractivity contribution in [2.75, 3.05) is 36.8 Å². The third-order valence-electron chi connectivity index (χ3n) is 5.83. The fraction of sp³-hybridized carbons (Fsp3) is 0.455. The van der Waals surface area contributed by atoms with Crippen molar-refractivity contribution in [3.63, 3.8) is 0 Å². The number of ether oxygens (including phenoxy) is 1. The quantitative estimate of drug-likeness (QED) is 0.425. The van der Waals surface area contributed by atoms with Crippen LogP contribution >= 0.6 is 0 Å². The number of aliphatic hydroxyl groups excluding tert-OH is 1. The SMILES string of the molecule is CC(O)C(=O)N1CCN(c2cc(C(=[NH2+])c3cc(OC4(C)CC4)ccc3N)ncn2)CC1. The number of hydrogen-bond acceptors (Lipinski definition) is 7. The molecule has 164 valence electrons. The van der Waals surface area contributed by atoms with Crippen molar-refractivity contribution in [2.45, 2.75) is 38.4 Å². The molecule has 1 atom stereocenters. The minimum atomic E-state index is -0.987. The van der Waals surface area contributed by atoms with Gasteiger partial charge in [0.15, 0.2) is 0 Å². The molecular formula is C22H29N6O3+. The Balaban J connectivity index is 1.49. The zero-order chi connectivity index (χ0) is 22.2. The highest BCUT2D eigenvalue weighted by Crippen LogP contribution is 2.40. The largest absolute Gasteiger partial charge is 0.488 e. The topological polar surface area (TPSA) is 130 Å². The van der Waals surface area contributed by atoms with Crippen molar-refractivity contribution < 1.29 is 20.0 Å². The Morgan fingerprint density at radius 2 is 1.94 bits per heavy atom. The van der Waals surface area contributed by atoms with Crippen LogP contribution in [0.2, 0.25) is 0 Å². The first kappa shape index (κ1) is 21.0. The maximum Gasteiger partial charge on any atom is 0.251 e. The lowest BCUT2D eigenvalue weighted by Gasteiger charge is -2.35. The molecule has 1 saturated carbocycles. The fourth-order valence-corrected chi connectivity index (χ4v) is 3.62. The second kappa shape index (κ2) is 8.14. The van der Waals surface area contributed by atoms with E-state index in [2.05, 4.69) is 21.8 Å². The Kier molecular flexibility index (Phi) is 5.53. The molecule has 9 nitrogen and oxygen atoms in total. The van der Waals surface area contributed by atoms with E-state index in [-0.39, 0.29) is 11.5 Å². The first-order valence-corrected chi connectivity index (χ1v) is 10.5. The van der Waals surface area contributed by atoms with Gasteiger partial charge in [0.2, 0.25) is 5.71 Å². The zero-order valence-electron chi connectivity index (χ0n) is 17.9. The number of benzene rings is 1. The number of nitrogens with two attached hydrogens (primary N) is 2. The van der Waals surface area contributed by atoms with Crippen LogP contribution in [0.5, 0.6) is 5.75 Å². The van der Waals surface area contributed by atoms with E-state index in [1.807, 2.05) is 18.2 Å². The molecule has 0 spiro atoms. The van der Waals surface area contributed by atoms with E-state index in [0.717, 1.165) is 24.4 Å². The molecule has 31 heavy (non-hydrogen) atoms.